The monoisotopic (exact) mass is 2100 g/mol. The number of hydrogen-bond acceptors (Lipinski definition) is 10. The van der Waals surface area contributed by atoms with Crippen molar-refractivity contribution in [3.63, 3.8) is 0 Å². The maximum Gasteiger partial charge on any atom is 0.248 e. The summed E-state index contributed by atoms with van der Waals surface area (Å²) in [6.45, 7) is 38.7. The summed E-state index contributed by atoms with van der Waals surface area (Å²) in [6, 6.07) is 4.20. The summed E-state index contributed by atoms with van der Waals surface area (Å²) >= 11 is 0. The molecule has 0 saturated carbocycles. The van der Waals surface area contributed by atoms with E-state index >= 15 is 18.3 Å². The van der Waals surface area contributed by atoms with Crippen LogP contribution >= 0.6 is 29.5 Å². The van der Waals surface area contributed by atoms with Crippen LogP contribution in [-0.4, -0.2) is 49.3 Å². The van der Waals surface area contributed by atoms with Crippen LogP contribution in [0.15, 0.2) is 12.1 Å². The second-order valence-corrected chi connectivity index (χ2v) is 59.0. The van der Waals surface area contributed by atoms with Crippen molar-refractivity contribution < 1.29 is 46.4 Å². The molecule has 0 unspecified atom stereocenters. The Hall–Kier alpha value is -1.52. The second-order valence-electron chi connectivity index (χ2n) is 48.3. The van der Waals surface area contributed by atoms with Gasteiger partial charge in [0.25, 0.3) is 0 Å². The molecule has 0 saturated heterocycles. The van der Waals surface area contributed by atoms with Gasteiger partial charge in [-0.05, 0) is 106 Å². The Morgan fingerprint density at radius 3 is 0.479 bits per heavy atom. The summed E-state index contributed by atoms with van der Waals surface area (Å²) < 4.78 is 97.5. The first-order chi connectivity index (χ1) is 69.8. The molecule has 850 valence electrons. The third kappa shape index (κ3) is 71.5. The Morgan fingerprint density at radius 2 is 0.340 bits per heavy atom. The Bertz CT molecular complexity index is 3090. The average molecular weight is 2100 g/mol. The standard InChI is InChI=1S/C130H250O10P4/c1-18-27-35-43-51-59-67-75-83-91-99-108-141(131,109-100-92-84-76-68-60-52-44-36-28-19-2)137-127-118(10)116-121(135-139-143(133,112-103-95-87-79-71-63-55-47-39-31-22-5)113-104-96-88-80-72-64-56-48-40-32-23-6)125(129(12,13)14)123(127)120(107-26-9)124-126(130(15,16)17)122(136-140-144(134,114-105-97-89-81-73-65-57-49-41-33-24-7)115-106-98-90-82-74-66-58-50-42-34-25-8)117-119(11)128(124)138-142(132,110-101-93-85-77-69-61-53-45-37-29-20-3)111-102-94-86-78-70-62-54-46-38-30-21-4/h116-117,120H,18-115H2,1-17H3. The summed E-state index contributed by atoms with van der Waals surface area (Å²) in [5, 5.41) is 0. The van der Waals surface area contributed by atoms with Gasteiger partial charge in [-0.25, -0.2) is 0 Å². The smallest absolute Gasteiger partial charge is 0.248 e. The van der Waals surface area contributed by atoms with Crippen LogP contribution in [-0.2, 0) is 38.4 Å². The molecular weight excluding hydrogens is 1850 g/mol. The number of rotatable bonds is 110. The lowest BCUT2D eigenvalue weighted by molar-refractivity contribution is -0.0993. The fraction of sp³-hybridized carbons (Fsp3) is 0.908. The van der Waals surface area contributed by atoms with Crippen molar-refractivity contribution in [2.75, 3.05) is 49.3 Å². The van der Waals surface area contributed by atoms with E-state index in [9.17, 15) is 0 Å². The molecule has 0 aliphatic heterocycles. The molecule has 0 aromatic heterocycles. The van der Waals surface area contributed by atoms with Crippen LogP contribution in [0, 0.1) is 13.8 Å². The van der Waals surface area contributed by atoms with Gasteiger partial charge in [0, 0.05) is 77.5 Å². The molecule has 0 atom stereocenters. The van der Waals surface area contributed by atoms with Crippen LogP contribution in [0.5, 0.6) is 23.0 Å². The molecule has 14 heteroatoms. The van der Waals surface area contributed by atoms with Crippen LogP contribution < -0.4 is 18.8 Å². The normalized spacial score (nSPS) is 12.5. The topological polar surface area (TPSA) is 124 Å². The lowest BCUT2D eigenvalue weighted by Crippen LogP contribution is -2.24. The number of benzene rings is 2. The van der Waals surface area contributed by atoms with Crippen LogP contribution in [0.25, 0.3) is 0 Å². The Morgan fingerprint density at radius 1 is 0.201 bits per heavy atom. The summed E-state index contributed by atoms with van der Waals surface area (Å²) in [5.74, 6) is 1.73. The van der Waals surface area contributed by atoms with Crippen molar-refractivity contribution in [2.45, 2.75) is 712 Å². The van der Waals surface area contributed by atoms with E-state index in [0.29, 0.717) is 78.7 Å². The van der Waals surface area contributed by atoms with E-state index in [0.717, 1.165) is 194 Å². The first kappa shape index (κ1) is 139. The molecule has 2 aromatic rings. The molecule has 0 bridgehead atoms. The highest BCUT2D eigenvalue weighted by molar-refractivity contribution is 7.60. The quantitative estimate of drug-likeness (QED) is 0.0274. The van der Waals surface area contributed by atoms with E-state index in [1.54, 1.807) is 0 Å². The molecule has 0 amide bonds. The third-order valence-corrected chi connectivity index (χ3v) is 41.3. The predicted molar refractivity (Wildman–Crippen MR) is 642 cm³/mol. The van der Waals surface area contributed by atoms with E-state index in [1.807, 2.05) is 0 Å². The van der Waals surface area contributed by atoms with E-state index < -0.39 is 46.2 Å². The minimum Gasteiger partial charge on any atom is -0.442 e. The number of hydrogen-bond donors (Lipinski definition) is 0. The highest BCUT2D eigenvalue weighted by Crippen LogP contribution is 2.62. The number of aryl methyl sites for hydroxylation is 2. The highest BCUT2D eigenvalue weighted by Gasteiger charge is 2.43. The van der Waals surface area contributed by atoms with Gasteiger partial charge in [0.1, 0.15) is 11.5 Å². The zero-order chi connectivity index (χ0) is 105. The van der Waals surface area contributed by atoms with E-state index in [2.05, 4.69) is 130 Å². The molecule has 2 aromatic carbocycles. The third-order valence-electron chi connectivity index (χ3n) is 31.6. The Balaban J connectivity index is 3.50. The molecule has 0 aliphatic rings. The summed E-state index contributed by atoms with van der Waals surface area (Å²) in [7, 11) is -13.9. The fourth-order valence-corrected chi connectivity index (χ4v) is 31.1. The van der Waals surface area contributed by atoms with Gasteiger partial charge in [0.05, 0.1) is 0 Å². The minimum atomic E-state index is -3.51. The molecule has 10 nitrogen and oxygen atoms in total. The summed E-state index contributed by atoms with van der Waals surface area (Å²) in [4.78, 5) is 14.5. The molecule has 0 fully saturated rings. The van der Waals surface area contributed by atoms with E-state index in [-0.39, 0.29) is 0 Å². The molecular formula is C130H250O10P4. The second kappa shape index (κ2) is 92.8. The highest BCUT2D eigenvalue weighted by atomic mass is 31.2. The van der Waals surface area contributed by atoms with Crippen molar-refractivity contribution in [1.82, 2.24) is 0 Å². The van der Waals surface area contributed by atoms with Gasteiger partial charge in [-0.1, -0.05) is 624 Å². The largest absolute Gasteiger partial charge is 0.442 e. The van der Waals surface area contributed by atoms with Gasteiger partial charge in [0.2, 0.25) is 29.5 Å². The molecule has 0 heterocycles. The van der Waals surface area contributed by atoms with Crippen molar-refractivity contribution >= 4 is 29.5 Å². The van der Waals surface area contributed by atoms with E-state index in [1.165, 1.54) is 411 Å². The van der Waals surface area contributed by atoms with Crippen molar-refractivity contribution in [1.29, 1.82) is 0 Å². The summed E-state index contributed by atoms with van der Waals surface area (Å²) in [6.07, 6.45) is 111. The zero-order valence-electron chi connectivity index (χ0n) is 99.9. The van der Waals surface area contributed by atoms with Crippen LogP contribution in [0.2, 0.25) is 0 Å². The maximum atomic E-state index is 17.3. The van der Waals surface area contributed by atoms with E-state index in [4.69, 9.17) is 28.2 Å². The van der Waals surface area contributed by atoms with Gasteiger partial charge in [0.15, 0.2) is 11.5 Å². The zero-order valence-corrected chi connectivity index (χ0v) is 103. The minimum absolute atomic E-state index is 0.465. The predicted octanol–water partition coefficient (Wildman–Crippen LogP) is 48.8. The molecule has 144 heavy (non-hydrogen) atoms. The van der Waals surface area contributed by atoms with Gasteiger partial charge in [-0.15, -0.1) is 9.35 Å². The Kier molecular flexibility index (Phi) is 89.3. The molecule has 0 aliphatic carbocycles. The van der Waals surface area contributed by atoms with Gasteiger partial charge < -0.3 is 18.8 Å². The molecule has 0 N–H and O–H groups in total. The summed E-state index contributed by atoms with van der Waals surface area (Å²) in [5.41, 5.74) is 3.72. The lowest BCUT2D eigenvalue weighted by atomic mass is 9.71. The molecule has 0 spiro atoms. The van der Waals surface area contributed by atoms with Gasteiger partial charge in [-0.3, -0.25) is 18.3 Å². The van der Waals surface area contributed by atoms with Crippen molar-refractivity contribution in [3.8, 4) is 23.0 Å². The molecule has 0 radical (unpaired) electrons. The first-order valence-corrected chi connectivity index (χ1v) is 72.6. The van der Waals surface area contributed by atoms with Gasteiger partial charge >= 0.3 is 0 Å². The van der Waals surface area contributed by atoms with Gasteiger partial charge in [-0.2, -0.15) is 0 Å². The molecule has 2 rings (SSSR count). The van der Waals surface area contributed by atoms with Crippen molar-refractivity contribution in [3.05, 3.63) is 45.5 Å². The maximum absolute atomic E-state index is 17.3. The van der Waals surface area contributed by atoms with Crippen molar-refractivity contribution in [2.24, 2.45) is 0 Å². The first-order valence-electron chi connectivity index (χ1n) is 64.6. The Labute approximate surface area is 900 Å². The van der Waals surface area contributed by atoms with Crippen LogP contribution in [0.3, 0.4) is 0 Å². The average Bonchev–Trinajstić information content (AvgIpc) is 0.725. The number of unbranched alkanes of at least 4 members (excludes halogenated alkanes) is 80. The fourth-order valence-electron chi connectivity index (χ4n) is 22.4. The van der Waals surface area contributed by atoms with Crippen LogP contribution in [0.1, 0.15) is 721 Å². The van der Waals surface area contributed by atoms with Crippen LogP contribution in [0.4, 0.5) is 0 Å². The lowest BCUT2D eigenvalue weighted by Gasteiger charge is -2.37. The SMILES string of the molecule is CCCCCCCCCCCCCP(=O)(CCCCCCCCCCCCC)OOc1cc(C)c(OP(=O)(CCCCCCCCCCCCC)CCCCCCCCCCCCC)c(C(CCC)c2c(OP(=O)(CCCCCCCCCCCCC)CCCCCCCCCCCCC)c(C)cc(OOP(=O)(CCCCCCCCCCCCC)CCCCCCCCCCCCC)c2C(C)(C)C)c1C(C)(C)C.